The summed E-state index contributed by atoms with van der Waals surface area (Å²) in [4.78, 5) is 25.6. The van der Waals surface area contributed by atoms with Crippen LogP contribution in [-0.4, -0.2) is 32.8 Å². The number of Topliss-reactive ketones (excluding diaryl/α,β-unsaturated/α-hetero) is 2. The lowest BCUT2D eigenvalue weighted by Gasteiger charge is -2.23. The first-order chi connectivity index (χ1) is 11.4. The van der Waals surface area contributed by atoms with Gasteiger partial charge in [0, 0.05) is 34.6 Å². The highest BCUT2D eigenvalue weighted by Gasteiger charge is 2.43. The van der Waals surface area contributed by atoms with E-state index in [0.717, 1.165) is 47.5 Å². The second-order valence-electron chi connectivity index (χ2n) is 7.54. The molecule has 3 rings (SSSR count). The van der Waals surface area contributed by atoms with E-state index in [0.29, 0.717) is 12.3 Å². The monoisotopic (exact) mass is 364 g/mol. The Morgan fingerprint density at radius 1 is 1.04 bits per heavy atom. The smallest absolute Gasteiger partial charge is 0.151 e. The maximum absolute atomic E-state index is 13.0. The molecule has 1 saturated heterocycles. The minimum absolute atomic E-state index is 0. The van der Waals surface area contributed by atoms with Crippen molar-refractivity contribution in [3.63, 3.8) is 0 Å². The van der Waals surface area contributed by atoms with E-state index in [1.807, 2.05) is 20.8 Å². The zero-order valence-electron chi connectivity index (χ0n) is 15.3. The highest BCUT2D eigenvalue weighted by molar-refractivity contribution is 7.85. The molecule has 1 aliphatic carbocycles. The van der Waals surface area contributed by atoms with Gasteiger partial charge < -0.3 is 5.48 Å². The molecule has 0 bridgehead atoms. The molecule has 138 valence electrons. The summed E-state index contributed by atoms with van der Waals surface area (Å²) in [6.07, 6.45) is 3.04. The van der Waals surface area contributed by atoms with E-state index in [1.54, 1.807) is 0 Å². The fraction of sp³-hybridized carbons (Fsp3) is 0.600. The van der Waals surface area contributed by atoms with E-state index in [1.165, 1.54) is 5.56 Å². The zero-order valence-corrected chi connectivity index (χ0v) is 16.1. The molecule has 1 aromatic carbocycles. The lowest BCUT2D eigenvalue weighted by atomic mass is 9.84. The quantitative estimate of drug-likeness (QED) is 0.773. The fourth-order valence-corrected chi connectivity index (χ4v) is 5.88. The van der Waals surface area contributed by atoms with Gasteiger partial charge in [0.15, 0.2) is 5.78 Å². The highest BCUT2D eigenvalue weighted by atomic mass is 32.2. The van der Waals surface area contributed by atoms with Crippen molar-refractivity contribution in [1.29, 1.82) is 0 Å². The lowest BCUT2D eigenvalue weighted by molar-refractivity contribution is -0.125. The van der Waals surface area contributed by atoms with Crippen LogP contribution in [0.5, 0.6) is 0 Å². The number of carbonyl (C=O) groups excluding carboxylic acids is 2. The van der Waals surface area contributed by atoms with Gasteiger partial charge in [-0.1, -0.05) is 17.7 Å². The Hall–Kier alpha value is -1.33. The largest absolute Gasteiger partial charge is 0.412 e. The minimum atomic E-state index is -0.677. The molecular weight excluding hydrogens is 336 g/mol. The molecule has 2 fully saturated rings. The van der Waals surface area contributed by atoms with Crippen LogP contribution in [0.2, 0.25) is 0 Å². The first kappa shape index (κ1) is 20.0. The van der Waals surface area contributed by atoms with Crippen molar-refractivity contribution >= 4 is 22.4 Å². The minimum Gasteiger partial charge on any atom is -0.412 e. The van der Waals surface area contributed by atoms with Crippen molar-refractivity contribution in [3.05, 3.63) is 34.4 Å². The van der Waals surface area contributed by atoms with E-state index in [2.05, 4.69) is 12.1 Å². The average Bonchev–Trinajstić information content (AvgIpc) is 2.76. The van der Waals surface area contributed by atoms with Crippen molar-refractivity contribution in [2.75, 3.05) is 11.5 Å². The zero-order chi connectivity index (χ0) is 17.4. The summed E-state index contributed by atoms with van der Waals surface area (Å²) in [6, 6.07) is 4.12. The Balaban J connectivity index is 0.00000225. The summed E-state index contributed by atoms with van der Waals surface area (Å²) in [5, 5.41) is 0. The molecule has 2 N–H and O–H groups in total. The second kappa shape index (κ2) is 7.92. The summed E-state index contributed by atoms with van der Waals surface area (Å²) >= 11 is 0. The molecule has 25 heavy (non-hydrogen) atoms. The molecule has 1 aliphatic heterocycles. The number of hydrogen-bond donors (Lipinski definition) is 0. The van der Waals surface area contributed by atoms with Gasteiger partial charge in [0.1, 0.15) is 11.7 Å². The van der Waals surface area contributed by atoms with Crippen LogP contribution >= 0.6 is 0 Å². The maximum Gasteiger partial charge on any atom is 0.151 e. The normalized spacial score (nSPS) is 29.6. The van der Waals surface area contributed by atoms with Gasteiger partial charge in [0.25, 0.3) is 0 Å². The van der Waals surface area contributed by atoms with Crippen LogP contribution in [0.1, 0.15) is 53.9 Å². The Morgan fingerprint density at radius 2 is 1.60 bits per heavy atom. The number of aryl methyl sites for hydroxylation is 3. The third kappa shape index (κ3) is 4.09. The predicted octanol–water partition coefficient (Wildman–Crippen LogP) is 2.58. The molecule has 2 atom stereocenters. The van der Waals surface area contributed by atoms with Gasteiger partial charge in [-0.05, 0) is 62.6 Å². The Kier molecular flexibility index (Phi) is 6.33. The van der Waals surface area contributed by atoms with E-state index in [-0.39, 0.29) is 23.0 Å². The predicted molar refractivity (Wildman–Crippen MR) is 100 cm³/mol. The van der Waals surface area contributed by atoms with Crippen LogP contribution in [0, 0.1) is 32.6 Å². The van der Waals surface area contributed by atoms with E-state index < -0.39 is 16.7 Å². The molecule has 0 spiro atoms. The summed E-state index contributed by atoms with van der Waals surface area (Å²) in [5.74, 6) is 1.44. The molecule has 1 saturated carbocycles. The van der Waals surface area contributed by atoms with E-state index in [4.69, 9.17) is 0 Å². The second-order valence-corrected chi connectivity index (χ2v) is 9.24. The number of hydrogen-bond acceptors (Lipinski definition) is 3. The van der Waals surface area contributed by atoms with Crippen LogP contribution in [0.25, 0.3) is 0 Å². The number of ketones is 2. The first-order valence-corrected chi connectivity index (χ1v) is 10.3. The van der Waals surface area contributed by atoms with Gasteiger partial charge in [-0.25, -0.2) is 0 Å². The highest BCUT2D eigenvalue weighted by Crippen LogP contribution is 2.39. The van der Waals surface area contributed by atoms with Crippen molar-refractivity contribution in [2.45, 2.75) is 52.4 Å². The van der Waals surface area contributed by atoms with Gasteiger partial charge in [0.2, 0.25) is 0 Å². The van der Waals surface area contributed by atoms with E-state index in [9.17, 15) is 13.8 Å². The molecule has 4 nitrogen and oxygen atoms in total. The third-order valence-corrected chi connectivity index (χ3v) is 6.99. The summed E-state index contributed by atoms with van der Waals surface area (Å²) in [5.41, 5.74) is 4.20. The van der Waals surface area contributed by atoms with Crippen molar-refractivity contribution < 1.29 is 19.3 Å². The van der Waals surface area contributed by atoms with Crippen molar-refractivity contribution in [1.82, 2.24) is 0 Å². The van der Waals surface area contributed by atoms with Crippen LogP contribution in [0.3, 0.4) is 0 Å². The molecular formula is C20H28O4S. The fourth-order valence-electron chi connectivity index (χ4n) is 4.49. The van der Waals surface area contributed by atoms with E-state index >= 15 is 0 Å². The lowest BCUT2D eigenvalue weighted by Crippen LogP contribution is -2.23. The summed E-state index contributed by atoms with van der Waals surface area (Å²) < 4.78 is 11.5. The van der Waals surface area contributed by atoms with Crippen LogP contribution in [0.4, 0.5) is 0 Å². The van der Waals surface area contributed by atoms with Crippen LogP contribution in [0.15, 0.2) is 12.1 Å². The Labute approximate surface area is 152 Å². The third-order valence-electron chi connectivity index (χ3n) is 5.61. The van der Waals surface area contributed by atoms with Gasteiger partial charge in [0.05, 0.1) is 0 Å². The topological polar surface area (TPSA) is 82.7 Å². The molecule has 2 aliphatic rings. The molecule has 0 aromatic heterocycles. The molecule has 1 heterocycles. The number of carbonyl (C=O) groups is 2. The van der Waals surface area contributed by atoms with Crippen LogP contribution < -0.4 is 0 Å². The Morgan fingerprint density at radius 3 is 2.16 bits per heavy atom. The van der Waals surface area contributed by atoms with Gasteiger partial charge in [-0.15, -0.1) is 0 Å². The van der Waals surface area contributed by atoms with Crippen LogP contribution in [-0.2, 0) is 20.4 Å². The summed E-state index contributed by atoms with van der Waals surface area (Å²) in [6.45, 7) is 6.04. The molecule has 5 heteroatoms. The van der Waals surface area contributed by atoms with Gasteiger partial charge in [-0.3, -0.25) is 13.8 Å². The Bertz CT molecular complexity index is 677. The molecule has 0 amide bonds. The van der Waals surface area contributed by atoms with Crippen molar-refractivity contribution in [2.24, 2.45) is 11.8 Å². The standard InChI is InChI=1S/C20H26O3S.H2O/c1-12-8-13(2)18(14(3)9-12)19-17(21)11-16(20(19)22)10-15-4-6-24(23)7-5-15;/h8-9,15-16,19H,4-7,10-11H2,1-3H3;1H2. The molecule has 1 aromatic rings. The molecule has 0 radical (unpaired) electrons. The average molecular weight is 365 g/mol. The maximum atomic E-state index is 13.0. The molecule has 2 unspecified atom stereocenters. The summed E-state index contributed by atoms with van der Waals surface area (Å²) in [7, 11) is -0.677. The number of benzene rings is 1. The first-order valence-electron chi connectivity index (χ1n) is 8.86. The van der Waals surface area contributed by atoms with Crippen molar-refractivity contribution in [3.8, 4) is 0 Å². The SMILES string of the molecule is Cc1cc(C)c(C2C(=O)CC(CC3CCS(=O)CC3)C2=O)c(C)c1.O. The van der Waals surface area contributed by atoms with Gasteiger partial charge in [-0.2, -0.15) is 0 Å². The number of rotatable bonds is 3. The van der Waals surface area contributed by atoms with Gasteiger partial charge >= 0.3 is 0 Å².